The van der Waals surface area contributed by atoms with E-state index in [9.17, 15) is 14.9 Å². The van der Waals surface area contributed by atoms with Gasteiger partial charge in [-0.1, -0.05) is 0 Å². The van der Waals surface area contributed by atoms with Crippen LogP contribution < -0.4 is 0 Å². The van der Waals surface area contributed by atoms with Gasteiger partial charge < -0.3 is 0 Å². The van der Waals surface area contributed by atoms with E-state index in [1.54, 1.807) is 13.1 Å². The Labute approximate surface area is 90.6 Å². The number of benzene rings is 1. The van der Waals surface area contributed by atoms with Gasteiger partial charge in [0.1, 0.15) is 5.69 Å². The highest BCUT2D eigenvalue weighted by atomic mass is 16.6. The first-order valence-corrected chi connectivity index (χ1v) is 4.63. The first kappa shape index (κ1) is 10.3. The zero-order valence-electron chi connectivity index (χ0n) is 8.80. The Bertz CT molecular complexity index is 601. The molecule has 6 heteroatoms. The highest BCUT2D eigenvalue weighted by Gasteiger charge is 2.15. The first-order valence-electron chi connectivity index (χ1n) is 4.63. The summed E-state index contributed by atoms with van der Waals surface area (Å²) in [5.41, 5.74) is 0.931. The van der Waals surface area contributed by atoms with Crippen molar-refractivity contribution in [2.75, 3.05) is 0 Å². The monoisotopic (exact) mass is 219 g/mol. The molecular weight excluding hydrogens is 210 g/mol. The lowest BCUT2D eigenvalue weighted by atomic mass is 10.1. The molecule has 2 rings (SSSR count). The maximum absolute atomic E-state index is 11.3. The summed E-state index contributed by atoms with van der Waals surface area (Å²) in [5.74, 6) is -0.203. The van der Waals surface area contributed by atoms with Crippen molar-refractivity contribution >= 4 is 22.4 Å². The maximum Gasteiger partial charge on any atom is 0.270 e. The van der Waals surface area contributed by atoms with E-state index >= 15 is 0 Å². The fraction of sp³-hybridized carbons (Fsp3) is 0.200. The van der Waals surface area contributed by atoms with Crippen molar-refractivity contribution in [1.29, 1.82) is 0 Å². The highest BCUT2D eigenvalue weighted by Crippen LogP contribution is 2.23. The third-order valence-corrected chi connectivity index (χ3v) is 2.38. The van der Waals surface area contributed by atoms with E-state index in [4.69, 9.17) is 0 Å². The summed E-state index contributed by atoms with van der Waals surface area (Å²) in [6.07, 6.45) is 0. The fourth-order valence-corrected chi connectivity index (χ4v) is 1.63. The second-order valence-corrected chi connectivity index (χ2v) is 3.49. The van der Waals surface area contributed by atoms with Crippen LogP contribution in [-0.2, 0) is 7.05 Å². The number of nitrogens with zero attached hydrogens (tertiary/aromatic N) is 3. The molecule has 2 aromatic rings. The lowest BCUT2D eigenvalue weighted by Crippen LogP contribution is -1.96. The van der Waals surface area contributed by atoms with E-state index in [1.165, 1.54) is 23.7 Å². The average molecular weight is 219 g/mol. The number of Topliss-reactive ketones (excluding diaryl/α,β-unsaturated/α-hetero) is 1. The number of hydrogen-bond acceptors (Lipinski definition) is 4. The molecule has 1 aromatic heterocycles. The average Bonchev–Trinajstić information content (AvgIpc) is 2.56. The van der Waals surface area contributed by atoms with Gasteiger partial charge in [-0.3, -0.25) is 19.6 Å². The third kappa shape index (κ3) is 1.44. The molecule has 0 aliphatic carbocycles. The predicted molar refractivity (Wildman–Crippen MR) is 57.4 cm³/mol. The van der Waals surface area contributed by atoms with Crippen molar-refractivity contribution in [1.82, 2.24) is 9.78 Å². The molecule has 0 aliphatic rings. The summed E-state index contributed by atoms with van der Waals surface area (Å²) in [7, 11) is 1.70. The van der Waals surface area contributed by atoms with E-state index < -0.39 is 4.92 Å². The Morgan fingerprint density at radius 2 is 2.19 bits per heavy atom. The molecular formula is C10H9N3O3. The number of hydrogen-bond donors (Lipinski definition) is 0. The fourth-order valence-electron chi connectivity index (χ4n) is 1.63. The normalized spacial score (nSPS) is 10.6. The minimum Gasteiger partial charge on any atom is -0.293 e. The van der Waals surface area contributed by atoms with Crippen molar-refractivity contribution in [3.8, 4) is 0 Å². The molecule has 6 nitrogen and oxygen atoms in total. The van der Waals surface area contributed by atoms with Gasteiger partial charge in [-0.15, -0.1) is 0 Å². The lowest BCUT2D eigenvalue weighted by molar-refractivity contribution is -0.384. The second kappa shape index (κ2) is 3.41. The minimum atomic E-state index is -0.490. The van der Waals surface area contributed by atoms with Gasteiger partial charge in [-0.05, 0) is 6.07 Å². The quantitative estimate of drug-likeness (QED) is 0.437. The molecule has 0 atom stereocenters. The lowest BCUT2D eigenvalue weighted by Gasteiger charge is -1.94. The Morgan fingerprint density at radius 1 is 1.50 bits per heavy atom. The number of fused-ring (bicyclic) bond motifs is 1. The van der Waals surface area contributed by atoms with Gasteiger partial charge in [0.2, 0.25) is 0 Å². The number of carbonyl (C=O) groups is 1. The molecule has 1 heterocycles. The molecule has 0 saturated carbocycles. The zero-order valence-corrected chi connectivity index (χ0v) is 8.80. The number of carbonyl (C=O) groups excluding carboxylic acids is 1. The van der Waals surface area contributed by atoms with Gasteiger partial charge in [-0.2, -0.15) is 5.10 Å². The molecule has 82 valence electrons. The number of non-ortho nitro benzene ring substituents is 1. The minimum absolute atomic E-state index is 0.0389. The first-order chi connectivity index (χ1) is 7.50. The van der Waals surface area contributed by atoms with Crippen LogP contribution in [0, 0.1) is 10.1 Å². The van der Waals surface area contributed by atoms with Crippen molar-refractivity contribution in [3.05, 3.63) is 34.0 Å². The van der Waals surface area contributed by atoms with Crippen LogP contribution in [0.5, 0.6) is 0 Å². The molecule has 0 bridgehead atoms. The number of nitro benzene ring substituents is 1. The van der Waals surface area contributed by atoms with Gasteiger partial charge in [0.15, 0.2) is 5.78 Å². The van der Waals surface area contributed by atoms with E-state index in [0.717, 1.165) is 0 Å². The van der Waals surface area contributed by atoms with E-state index in [2.05, 4.69) is 5.10 Å². The van der Waals surface area contributed by atoms with Gasteiger partial charge in [-0.25, -0.2) is 0 Å². The number of ketones is 1. The summed E-state index contributed by atoms with van der Waals surface area (Å²) in [6, 6.07) is 4.36. The second-order valence-electron chi connectivity index (χ2n) is 3.49. The summed E-state index contributed by atoms with van der Waals surface area (Å²) >= 11 is 0. The van der Waals surface area contributed by atoms with Crippen LogP contribution in [0.3, 0.4) is 0 Å². The summed E-state index contributed by atoms with van der Waals surface area (Å²) in [5, 5.41) is 15.2. The standard InChI is InChI=1S/C10H9N3O3/c1-6(14)10-8-5-7(13(15)16)3-4-9(8)12(2)11-10/h3-5H,1-2H3. The molecule has 0 unspecified atom stereocenters. The van der Waals surface area contributed by atoms with E-state index in [0.29, 0.717) is 10.9 Å². The maximum atomic E-state index is 11.3. The number of rotatable bonds is 2. The van der Waals surface area contributed by atoms with Crippen molar-refractivity contribution in [2.45, 2.75) is 6.92 Å². The molecule has 0 amide bonds. The van der Waals surface area contributed by atoms with Crippen LogP contribution in [0.25, 0.3) is 10.9 Å². The molecule has 0 saturated heterocycles. The molecule has 0 aliphatic heterocycles. The van der Waals surface area contributed by atoms with Gasteiger partial charge >= 0.3 is 0 Å². The number of aromatic nitrogens is 2. The smallest absolute Gasteiger partial charge is 0.270 e. The Morgan fingerprint density at radius 3 is 2.75 bits per heavy atom. The Kier molecular flexibility index (Phi) is 2.19. The van der Waals surface area contributed by atoms with Crippen LogP contribution >= 0.6 is 0 Å². The number of aryl methyl sites for hydroxylation is 1. The largest absolute Gasteiger partial charge is 0.293 e. The molecule has 0 fully saturated rings. The predicted octanol–water partition coefficient (Wildman–Crippen LogP) is 1.68. The SMILES string of the molecule is CC(=O)c1nn(C)c2ccc([N+](=O)[O-])cc12. The van der Waals surface area contributed by atoms with Gasteiger partial charge in [0, 0.05) is 31.5 Å². The molecule has 16 heavy (non-hydrogen) atoms. The van der Waals surface area contributed by atoms with Crippen molar-refractivity contribution in [3.63, 3.8) is 0 Å². The Balaban J connectivity index is 2.79. The summed E-state index contributed by atoms with van der Waals surface area (Å²) in [6.45, 7) is 1.39. The van der Waals surface area contributed by atoms with Crippen LogP contribution in [0.2, 0.25) is 0 Å². The molecule has 0 spiro atoms. The van der Waals surface area contributed by atoms with Crippen molar-refractivity contribution in [2.24, 2.45) is 7.05 Å². The number of nitro groups is 1. The van der Waals surface area contributed by atoms with E-state index in [-0.39, 0.29) is 17.2 Å². The zero-order chi connectivity index (χ0) is 11.9. The molecule has 0 radical (unpaired) electrons. The Hall–Kier alpha value is -2.24. The highest BCUT2D eigenvalue weighted by molar-refractivity contribution is 6.05. The van der Waals surface area contributed by atoms with Crippen molar-refractivity contribution < 1.29 is 9.72 Å². The van der Waals surface area contributed by atoms with Crippen LogP contribution in [-0.4, -0.2) is 20.5 Å². The topological polar surface area (TPSA) is 78.0 Å². The molecule has 1 aromatic carbocycles. The summed E-state index contributed by atoms with van der Waals surface area (Å²) in [4.78, 5) is 21.4. The van der Waals surface area contributed by atoms with E-state index in [1.807, 2.05) is 0 Å². The van der Waals surface area contributed by atoms with Gasteiger partial charge in [0.05, 0.1) is 10.4 Å². The van der Waals surface area contributed by atoms with Crippen LogP contribution in [0.4, 0.5) is 5.69 Å². The van der Waals surface area contributed by atoms with Crippen LogP contribution in [0.1, 0.15) is 17.4 Å². The van der Waals surface area contributed by atoms with Gasteiger partial charge in [0.25, 0.3) is 5.69 Å². The molecule has 0 N–H and O–H groups in total. The van der Waals surface area contributed by atoms with Crippen LogP contribution in [0.15, 0.2) is 18.2 Å². The summed E-state index contributed by atoms with van der Waals surface area (Å²) < 4.78 is 1.54. The third-order valence-electron chi connectivity index (χ3n) is 2.38.